The molecule has 1 aromatic rings. The average molecular weight is 203 g/mol. The molecule has 0 unspecified atom stereocenters. The van der Waals surface area contributed by atoms with Crippen LogP contribution in [0.25, 0.3) is 0 Å². The molecule has 1 aromatic carbocycles. The molecule has 2 rings (SSSR count). The summed E-state index contributed by atoms with van der Waals surface area (Å²) in [5.74, 6) is 1.35. The molecule has 0 N–H and O–H groups in total. The van der Waals surface area contributed by atoms with Gasteiger partial charge in [-0.15, -0.1) is 11.6 Å². The molecule has 0 amide bonds. The third-order valence-electron chi connectivity index (χ3n) is 1.95. The Morgan fingerprint density at radius 1 is 1.42 bits per heavy atom. The first-order chi connectivity index (χ1) is 5.81. The molecule has 0 bridgehead atoms. The fourth-order valence-electron chi connectivity index (χ4n) is 1.40. The van der Waals surface area contributed by atoms with Gasteiger partial charge in [-0.05, 0) is 17.2 Å². The minimum Gasteiger partial charge on any atom is -0.491 e. The predicted molar refractivity (Wildman–Crippen MR) is 50.2 cm³/mol. The average Bonchev–Trinajstić information content (AvgIpc) is 2.52. The zero-order valence-corrected chi connectivity index (χ0v) is 7.95. The Balaban J connectivity index is 2.51. The lowest BCUT2D eigenvalue weighted by atomic mass is 10.1. The van der Waals surface area contributed by atoms with Crippen molar-refractivity contribution in [1.29, 1.82) is 0 Å². The summed E-state index contributed by atoms with van der Waals surface area (Å²) in [7, 11) is 0. The van der Waals surface area contributed by atoms with Crippen molar-refractivity contribution < 1.29 is 4.74 Å². The number of rotatable bonds is 1. The molecule has 0 atom stereocenters. The predicted octanol–water partition coefficient (Wildman–Crippen LogP) is 3.01. The van der Waals surface area contributed by atoms with Crippen LogP contribution >= 0.6 is 23.2 Å². The van der Waals surface area contributed by atoms with Gasteiger partial charge < -0.3 is 4.74 Å². The topological polar surface area (TPSA) is 9.23 Å². The summed E-state index contributed by atoms with van der Waals surface area (Å²) in [6.07, 6.45) is 0.944. The number of hydrogen-bond acceptors (Lipinski definition) is 1. The standard InChI is InChI=1S/C9H8Cl2O/c10-5-6-3-7-1-2-12-9(7)8(11)4-6/h3-4H,1-2,5H2. The van der Waals surface area contributed by atoms with Crippen LogP contribution in [0.15, 0.2) is 12.1 Å². The van der Waals surface area contributed by atoms with Crippen molar-refractivity contribution in [1.82, 2.24) is 0 Å². The summed E-state index contributed by atoms with van der Waals surface area (Å²) in [4.78, 5) is 0. The summed E-state index contributed by atoms with van der Waals surface area (Å²) in [6.45, 7) is 0.737. The highest BCUT2D eigenvalue weighted by Crippen LogP contribution is 2.34. The van der Waals surface area contributed by atoms with E-state index < -0.39 is 0 Å². The van der Waals surface area contributed by atoms with Gasteiger partial charge in [0.15, 0.2) is 0 Å². The summed E-state index contributed by atoms with van der Waals surface area (Å²) >= 11 is 11.7. The van der Waals surface area contributed by atoms with Crippen LogP contribution < -0.4 is 4.74 Å². The Morgan fingerprint density at radius 3 is 3.00 bits per heavy atom. The quantitative estimate of drug-likeness (QED) is 0.637. The summed E-state index contributed by atoms with van der Waals surface area (Å²) < 4.78 is 5.35. The van der Waals surface area contributed by atoms with Crippen molar-refractivity contribution in [3.8, 4) is 5.75 Å². The van der Waals surface area contributed by atoms with Crippen LogP contribution in [-0.2, 0) is 12.3 Å². The second-order valence-corrected chi connectivity index (χ2v) is 3.47. The fraction of sp³-hybridized carbons (Fsp3) is 0.333. The lowest BCUT2D eigenvalue weighted by Crippen LogP contribution is -1.86. The number of fused-ring (bicyclic) bond motifs is 1. The number of alkyl halides is 1. The maximum atomic E-state index is 5.97. The van der Waals surface area contributed by atoms with Crippen LogP contribution in [-0.4, -0.2) is 6.61 Å². The largest absolute Gasteiger partial charge is 0.491 e. The number of hydrogen-bond donors (Lipinski definition) is 0. The van der Waals surface area contributed by atoms with E-state index >= 15 is 0 Å². The van der Waals surface area contributed by atoms with Gasteiger partial charge in [0.1, 0.15) is 5.75 Å². The SMILES string of the molecule is ClCc1cc(Cl)c2c(c1)CCO2. The molecular weight excluding hydrogens is 195 g/mol. The van der Waals surface area contributed by atoms with Crippen LogP contribution in [0.4, 0.5) is 0 Å². The second-order valence-electron chi connectivity index (χ2n) is 2.80. The van der Waals surface area contributed by atoms with Gasteiger partial charge in [0.2, 0.25) is 0 Å². The Hall–Kier alpha value is -0.400. The molecule has 1 heterocycles. The van der Waals surface area contributed by atoms with Crippen molar-refractivity contribution >= 4 is 23.2 Å². The van der Waals surface area contributed by atoms with Crippen LogP contribution in [0.1, 0.15) is 11.1 Å². The lowest BCUT2D eigenvalue weighted by molar-refractivity contribution is 0.357. The molecule has 0 spiro atoms. The Kier molecular flexibility index (Phi) is 2.16. The summed E-state index contributed by atoms with van der Waals surface area (Å²) in [6, 6.07) is 3.92. The zero-order chi connectivity index (χ0) is 8.55. The molecule has 0 aliphatic carbocycles. The molecule has 0 saturated heterocycles. The Labute approximate surface area is 81.2 Å². The lowest BCUT2D eigenvalue weighted by Gasteiger charge is -2.03. The van der Waals surface area contributed by atoms with Gasteiger partial charge in [0.05, 0.1) is 11.6 Å². The van der Waals surface area contributed by atoms with E-state index in [0.29, 0.717) is 10.9 Å². The fourth-order valence-corrected chi connectivity index (χ4v) is 1.87. The van der Waals surface area contributed by atoms with E-state index in [0.717, 1.165) is 24.3 Å². The van der Waals surface area contributed by atoms with Crippen molar-refractivity contribution in [2.45, 2.75) is 12.3 Å². The van der Waals surface area contributed by atoms with Crippen LogP contribution in [0.3, 0.4) is 0 Å². The van der Waals surface area contributed by atoms with Crippen molar-refractivity contribution in [3.05, 3.63) is 28.3 Å². The number of ether oxygens (including phenoxy) is 1. The molecule has 12 heavy (non-hydrogen) atoms. The number of benzene rings is 1. The molecular formula is C9H8Cl2O. The highest BCUT2D eigenvalue weighted by molar-refractivity contribution is 6.32. The first-order valence-corrected chi connectivity index (χ1v) is 4.72. The van der Waals surface area contributed by atoms with Crippen molar-refractivity contribution in [2.24, 2.45) is 0 Å². The minimum absolute atomic E-state index is 0.507. The van der Waals surface area contributed by atoms with Crippen LogP contribution in [0.5, 0.6) is 5.75 Å². The van der Waals surface area contributed by atoms with Gasteiger partial charge in [-0.25, -0.2) is 0 Å². The van der Waals surface area contributed by atoms with Crippen LogP contribution in [0, 0.1) is 0 Å². The smallest absolute Gasteiger partial charge is 0.141 e. The van der Waals surface area contributed by atoms with E-state index in [4.69, 9.17) is 27.9 Å². The van der Waals surface area contributed by atoms with Gasteiger partial charge in [0.25, 0.3) is 0 Å². The Bertz CT molecular complexity index is 310. The van der Waals surface area contributed by atoms with Crippen molar-refractivity contribution in [2.75, 3.05) is 6.61 Å². The minimum atomic E-state index is 0.507. The maximum absolute atomic E-state index is 5.97. The Morgan fingerprint density at radius 2 is 2.25 bits per heavy atom. The van der Waals surface area contributed by atoms with Gasteiger partial charge >= 0.3 is 0 Å². The van der Waals surface area contributed by atoms with E-state index in [9.17, 15) is 0 Å². The molecule has 0 fully saturated rings. The molecule has 1 aliphatic rings. The third-order valence-corrected chi connectivity index (χ3v) is 2.54. The molecule has 0 radical (unpaired) electrons. The highest BCUT2D eigenvalue weighted by Gasteiger charge is 2.16. The van der Waals surface area contributed by atoms with Crippen LogP contribution in [0.2, 0.25) is 5.02 Å². The van der Waals surface area contributed by atoms with E-state index in [1.54, 1.807) is 0 Å². The molecule has 1 aliphatic heterocycles. The highest BCUT2D eigenvalue weighted by atomic mass is 35.5. The van der Waals surface area contributed by atoms with Gasteiger partial charge in [-0.3, -0.25) is 0 Å². The maximum Gasteiger partial charge on any atom is 0.141 e. The summed E-state index contributed by atoms with van der Waals surface area (Å²) in [5, 5.41) is 0.681. The van der Waals surface area contributed by atoms with Gasteiger partial charge in [-0.2, -0.15) is 0 Å². The second kappa shape index (κ2) is 3.15. The first-order valence-electron chi connectivity index (χ1n) is 3.81. The van der Waals surface area contributed by atoms with E-state index in [2.05, 4.69) is 6.07 Å². The molecule has 0 saturated carbocycles. The molecule has 64 valence electrons. The van der Waals surface area contributed by atoms with E-state index in [1.807, 2.05) is 6.07 Å². The normalized spacial score (nSPS) is 14.2. The molecule has 0 aromatic heterocycles. The van der Waals surface area contributed by atoms with Gasteiger partial charge in [0, 0.05) is 12.3 Å². The molecule has 1 nitrogen and oxygen atoms in total. The molecule has 3 heteroatoms. The number of halogens is 2. The third kappa shape index (κ3) is 1.27. The first kappa shape index (κ1) is 8.21. The monoisotopic (exact) mass is 202 g/mol. The van der Waals surface area contributed by atoms with E-state index in [1.165, 1.54) is 5.56 Å². The van der Waals surface area contributed by atoms with Crippen molar-refractivity contribution in [3.63, 3.8) is 0 Å². The van der Waals surface area contributed by atoms with Gasteiger partial charge in [-0.1, -0.05) is 17.7 Å². The zero-order valence-electron chi connectivity index (χ0n) is 6.44. The summed E-state index contributed by atoms with van der Waals surface area (Å²) in [5.41, 5.74) is 2.24. The van der Waals surface area contributed by atoms with E-state index in [-0.39, 0.29) is 0 Å².